The molecule has 1 aliphatic heterocycles. The number of hydrogen-bond acceptors (Lipinski definition) is 3. The van der Waals surface area contributed by atoms with Crippen LogP contribution in [0.1, 0.15) is 20.3 Å². The van der Waals surface area contributed by atoms with Crippen LogP contribution in [0.25, 0.3) is 0 Å². The molecule has 0 radical (unpaired) electrons. The Morgan fingerprint density at radius 3 is 2.68 bits per heavy atom. The van der Waals surface area contributed by atoms with Gasteiger partial charge in [0.25, 0.3) is 0 Å². The van der Waals surface area contributed by atoms with Gasteiger partial charge in [-0.1, -0.05) is 12.1 Å². The van der Waals surface area contributed by atoms with Gasteiger partial charge in [0.1, 0.15) is 11.8 Å². The standard InChI is InChI=1S/C16H23N3O3/c1-4-18(5-2)16(21)17-12-10-11-19(15(12)20)13-8-6-7-9-14(13)22-3/h6-9,12H,4-5,10-11H2,1-3H3,(H,17,21). The fraction of sp³-hybridized carbons (Fsp3) is 0.500. The van der Waals surface area contributed by atoms with Crippen molar-refractivity contribution < 1.29 is 14.3 Å². The topological polar surface area (TPSA) is 61.9 Å². The van der Waals surface area contributed by atoms with Crippen LogP contribution in [-0.4, -0.2) is 49.6 Å². The number of ether oxygens (including phenoxy) is 1. The van der Waals surface area contributed by atoms with Crippen molar-refractivity contribution in [2.45, 2.75) is 26.3 Å². The minimum atomic E-state index is -0.474. The lowest BCUT2D eigenvalue weighted by Gasteiger charge is -2.22. The maximum Gasteiger partial charge on any atom is 0.318 e. The van der Waals surface area contributed by atoms with E-state index in [0.717, 1.165) is 5.69 Å². The molecule has 1 atom stereocenters. The molecule has 22 heavy (non-hydrogen) atoms. The van der Waals surface area contributed by atoms with E-state index in [-0.39, 0.29) is 11.9 Å². The molecule has 1 aromatic rings. The van der Waals surface area contributed by atoms with E-state index in [1.54, 1.807) is 16.9 Å². The summed E-state index contributed by atoms with van der Waals surface area (Å²) in [5.41, 5.74) is 0.745. The summed E-state index contributed by atoms with van der Waals surface area (Å²) in [5.74, 6) is 0.566. The van der Waals surface area contributed by atoms with Gasteiger partial charge in [-0.3, -0.25) is 4.79 Å². The smallest absolute Gasteiger partial charge is 0.318 e. The summed E-state index contributed by atoms with van der Waals surface area (Å²) in [7, 11) is 1.58. The largest absolute Gasteiger partial charge is 0.495 e. The number of nitrogens with one attached hydrogen (secondary N) is 1. The minimum Gasteiger partial charge on any atom is -0.495 e. The Hall–Kier alpha value is -2.24. The van der Waals surface area contributed by atoms with Crippen LogP contribution < -0.4 is 15.0 Å². The summed E-state index contributed by atoms with van der Waals surface area (Å²) in [6.45, 7) is 5.66. The van der Waals surface area contributed by atoms with Crippen LogP contribution in [0.5, 0.6) is 5.75 Å². The lowest BCUT2D eigenvalue weighted by Crippen LogP contribution is -2.47. The molecule has 0 saturated carbocycles. The van der Waals surface area contributed by atoms with Crippen molar-refractivity contribution in [2.75, 3.05) is 31.6 Å². The second kappa shape index (κ2) is 7.15. The van der Waals surface area contributed by atoms with Gasteiger partial charge in [0.05, 0.1) is 12.8 Å². The molecule has 0 aliphatic carbocycles. The third-order valence-corrected chi connectivity index (χ3v) is 3.93. The van der Waals surface area contributed by atoms with Gasteiger partial charge in [-0.15, -0.1) is 0 Å². The molecule has 1 N–H and O–H groups in total. The van der Waals surface area contributed by atoms with Crippen molar-refractivity contribution >= 4 is 17.6 Å². The molecule has 120 valence electrons. The predicted octanol–water partition coefficient (Wildman–Crippen LogP) is 1.85. The lowest BCUT2D eigenvalue weighted by atomic mass is 10.2. The number of carbonyl (C=O) groups excluding carboxylic acids is 2. The maximum absolute atomic E-state index is 12.5. The molecule has 6 nitrogen and oxygen atoms in total. The van der Waals surface area contributed by atoms with Gasteiger partial charge >= 0.3 is 6.03 Å². The average Bonchev–Trinajstić information content (AvgIpc) is 2.89. The molecule has 1 heterocycles. The highest BCUT2D eigenvalue weighted by Gasteiger charge is 2.35. The molecule has 3 amide bonds. The van der Waals surface area contributed by atoms with Crippen LogP contribution in [-0.2, 0) is 4.79 Å². The normalized spacial score (nSPS) is 17.5. The lowest BCUT2D eigenvalue weighted by molar-refractivity contribution is -0.118. The second-order valence-corrected chi connectivity index (χ2v) is 5.12. The third-order valence-electron chi connectivity index (χ3n) is 3.93. The van der Waals surface area contributed by atoms with Crippen LogP contribution in [0.15, 0.2) is 24.3 Å². The number of urea groups is 1. The number of nitrogens with zero attached hydrogens (tertiary/aromatic N) is 2. The van der Waals surface area contributed by atoms with Crippen molar-refractivity contribution in [1.82, 2.24) is 10.2 Å². The van der Waals surface area contributed by atoms with E-state index in [4.69, 9.17) is 4.74 Å². The number of benzene rings is 1. The van der Waals surface area contributed by atoms with Crippen molar-refractivity contribution in [3.8, 4) is 5.75 Å². The molecule has 0 bridgehead atoms. The summed E-state index contributed by atoms with van der Waals surface area (Å²) in [4.78, 5) is 28.0. The maximum atomic E-state index is 12.5. The SMILES string of the molecule is CCN(CC)C(=O)NC1CCN(c2ccccc2OC)C1=O. The molecule has 1 unspecified atom stereocenters. The molecule has 1 fully saturated rings. The molecule has 1 aromatic carbocycles. The van der Waals surface area contributed by atoms with Crippen LogP contribution in [0, 0.1) is 0 Å². The van der Waals surface area contributed by atoms with Gasteiger partial charge in [0.15, 0.2) is 0 Å². The van der Waals surface area contributed by atoms with Gasteiger partial charge < -0.3 is 19.9 Å². The quantitative estimate of drug-likeness (QED) is 0.903. The first-order valence-corrected chi connectivity index (χ1v) is 7.62. The third kappa shape index (κ3) is 3.16. The van der Waals surface area contributed by atoms with E-state index in [0.29, 0.717) is 31.8 Å². The summed E-state index contributed by atoms with van der Waals surface area (Å²) >= 11 is 0. The van der Waals surface area contributed by atoms with Crippen molar-refractivity contribution in [2.24, 2.45) is 0 Å². The Morgan fingerprint density at radius 2 is 2.05 bits per heavy atom. The van der Waals surface area contributed by atoms with Crippen LogP contribution in [0.4, 0.5) is 10.5 Å². The van der Waals surface area contributed by atoms with Crippen molar-refractivity contribution in [1.29, 1.82) is 0 Å². The Morgan fingerprint density at radius 1 is 1.36 bits per heavy atom. The number of hydrogen-bond donors (Lipinski definition) is 1. The van der Waals surface area contributed by atoms with Gasteiger partial charge in [-0.25, -0.2) is 4.79 Å². The zero-order valence-corrected chi connectivity index (χ0v) is 13.3. The summed E-state index contributed by atoms with van der Waals surface area (Å²) in [6, 6.07) is 6.74. The van der Waals surface area contributed by atoms with Crippen molar-refractivity contribution in [3.63, 3.8) is 0 Å². The molecule has 1 aliphatic rings. The second-order valence-electron chi connectivity index (χ2n) is 5.12. The van der Waals surface area contributed by atoms with Crippen LogP contribution >= 0.6 is 0 Å². The summed E-state index contributed by atoms with van der Waals surface area (Å²) in [6.07, 6.45) is 0.601. The zero-order chi connectivity index (χ0) is 16.1. The molecule has 0 aromatic heterocycles. The predicted molar refractivity (Wildman–Crippen MR) is 85.2 cm³/mol. The monoisotopic (exact) mass is 305 g/mol. The molecule has 1 saturated heterocycles. The Labute approximate surface area is 131 Å². The summed E-state index contributed by atoms with van der Waals surface area (Å²) in [5, 5.41) is 2.82. The number of amides is 3. The van der Waals surface area contributed by atoms with E-state index < -0.39 is 6.04 Å². The number of anilines is 1. The number of methoxy groups -OCH3 is 1. The Bertz CT molecular complexity index is 543. The van der Waals surface area contributed by atoms with Crippen molar-refractivity contribution in [3.05, 3.63) is 24.3 Å². The zero-order valence-electron chi connectivity index (χ0n) is 13.3. The first-order chi connectivity index (χ1) is 10.6. The van der Waals surface area contributed by atoms with Gasteiger partial charge in [-0.2, -0.15) is 0 Å². The number of carbonyl (C=O) groups is 2. The molecular weight excluding hydrogens is 282 g/mol. The van der Waals surface area contributed by atoms with Gasteiger partial charge in [0, 0.05) is 19.6 Å². The van der Waals surface area contributed by atoms with Gasteiger partial charge in [0.2, 0.25) is 5.91 Å². The average molecular weight is 305 g/mol. The molecule has 6 heteroatoms. The highest BCUT2D eigenvalue weighted by Crippen LogP contribution is 2.30. The summed E-state index contributed by atoms with van der Waals surface area (Å²) < 4.78 is 5.31. The Kier molecular flexibility index (Phi) is 5.25. The van der Waals surface area contributed by atoms with E-state index >= 15 is 0 Å². The Balaban J connectivity index is 2.08. The highest BCUT2D eigenvalue weighted by molar-refractivity contribution is 6.02. The molecule has 2 rings (SSSR count). The van der Waals surface area contributed by atoms with E-state index in [9.17, 15) is 9.59 Å². The van der Waals surface area contributed by atoms with Gasteiger partial charge in [-0.05, 0) is 32.4 Å². The highest BCUT2D eigenvalue weighted by atomic mass is 16.5. The molecule has 0 spiro atoms. The van der Waals surface area contributed by atoms with Crippen LogP contribution in [0.3, 0.4) is 0 Å². The first kappa shape index (κ1) is 16.1. The van der Waals surface area contributed by atoms with Crippen LogP contribution in [0.2, 0.25) is 0 Å². The molecular formula is C16H23N3O3. The van der Waals surface area contributed by atoms with E-state index in [2.05, 4.69) is 5.32 Å². The fourth-order valence-corrected chi connectivity index (χ4v) is 2.66. The minimum absolute atomic E-state index is 0.0926. The first-order valence-electron chi connectivity index (χ1n) is 7.62. The fourth-order valence-electron chi connectivity index (χ4n) is 2.66. The number of para-hydroxylation sites is 2. The van der Waals surface area contributed by atoms with E-state index in [1.165, 1.54) is 0 Å². The van der Waals surface area contributed by atoms with E-state index in [1.807, 2.05) is 38.1 Å². The number of rotatable bonds is 5.